The van der Waals surface area contributed by atoms with E-state index in [0.717, 1.165) is 19.4 Å². The second kappa shape index (κ2) is 5.71. The van der Waals surface area contributed by atoms with Crippen LogP contribution in [0.3, 0.4) is 0 Å². The molecule has 0 aliphatic carbocycles. The molecule has 1 heterocycles. The quantitative estimate of drug-likeness (QED) is 0.776. The van der Waals surface area contributed by atoms with Crippen molar-refractivity contribution >= 4 is 9.84 Å². The van der Waals surface area contributed by atoms with Gasteiger partial charge in [-0.1, -0.05) is 19.8 Å². The molecule has 84 valence electrons. The van der Waals surface area contributed by atoms with E-state index < -0.39 is 9.84 Å². The molecule has 0 amide bonds. The SMILES string of the molecule is CCS(=O)(=O)CCC1CCCCCN1. The predicted molar refractivity (Wildman–Crippen MR) is 59.2 cm³/mol. The number of nitrogens with one attached hydrogen (secondary N) is 1. The average Bonchev–Trinajstić information content (AvgIpc) is 2.43. The fourth-order valence-corrected chi connectivity index (χ4v) is 2.75. The Morgan fingerprint density at radius 3 is 2.79 bits per heavy atom. The molecule has 1 unspecified atom stereocenters. The zero-order valence-electron chi connectivity index (χ0n) is 8.96. The summed E-state index contributed by atoms with van der Waals surface area (Å²) in [5.41, 5.74) is 0. The standard InChI is InChI=1S/C10H21NO2S/c1-2-14(12,13)9-7-10-6-4-3-5-8-11-10/h10-11H,2-9H2,1H3. The lowest BCUT2D eigenvalue weighted by Gasteiger charge is -2.14. The van der Waals surface area contributed by atoms with Gasteiger partial charge in [-0.3, -0.25) is 0 Å². The summed E-state index contributed by atoms with van der Waals surface area (Å²) in [6.45, 7) is 2.77. The van der Waals surface area contributed by atoms with Gasteiger partial charge < -0.3 is 5.32 Å². The minimum Gasteiger partial charge on any atom is -0.314 e. The summed E-state index contributed by atoms with van der Waals surface area (Å²) < 4.78 is 22.6. The highest BCUT2D eigenvalue weighted by Crippen LogP contribution is 2.11. The summed E-state index contributed by atoms with van der Waals surface area (Å²) in [5.74, 6) is 0.626. The van der Waals surface area contributed by atoms with Crippen LogP contribution in [0.1, 0.15) is 39.0 Å². The van der Waals surface area contributed by atoms with Crippen molar-refractivity contribution < 1.29 is 8.42 Å². The first-order chi connectivity index (χ1) is 6.64. The summed E-state index contributed by atoms with van der Waals surface area (Å²) in [7, 11) is -2.77. The van der Waals surface area contributed by atoms with Gasteiger partial charge in [-0.15, -0.1) is 0 Å². The third kappa shape index (κ3) is 4.42. The molecule has 1 aliphatic rings. The van der Waals surface area contributed by atoms with Gasteiger partial charge in [-0.25, -0.2) is 8.42 Å². The molecule has 1 rings (SSSR count). The van der Waals surface area contributed by atoms with E-state index in [0.29, 0.717) is 11.8 Å². The van der Waals surface area contributed by atoms with E-state index >= 15 is 0 Å². The lowest BCUT2D eigenvalue weighted by Crippen LogP contribution is -2.30. The molecule has 0 aromatic heterocycles. The van der Waals surface area contributed by atoms with Crippen LogP contribution in [-0.4, -0.2) is 32.5 Å². The van der Waals surface area contributed by atoms with Crippen molar-refractivity contribution in [3.63, 3.8) is 0 Å². The topological polar surface area (TPSA) is 46.2 Å². The smallest absolute Gasteiger partial charge is 0.150 e. The van der Waals surface area contributed by atoms with Crippen LogP contribution < -0.4 is 5.32 Å². The second-order valence-electron chi connectivity index (χ2n) is 4.03. The third-order valence-electron chi connectivity index (χ3n) is 2.88. The Labute approximate surface area is 87.2 Å². The van der Waals surface area contributed by atoms with E-state index in [1.165, 1.54) is 19.3 Å². The molecule has 1 N–H and O–H groups in total. The number of rotatable bonds is 4. The maximum absolute atomic E-state index is 11.3. The molecular formula is C10H21NO2S. The predicted octanol–water partition coefficient (Wildman–Crippen LogP) is 1.34. The second-order valence-corrected chi connectivity index (χ2v) is 6.50. The van der Waals surface area contributed by atoms with Crippen molar-refractivity contribution in [2.75, 3.05) is 18.1 Å². The number of hydrogen-bond donors (Lipinski definition) is 1. The zero-order chi connectivity index (χ0) is 10.4. The van der Waals surface area contributed by atoms with Crippen molar-refractivity contribution in [2.24, 2.45) is 0 Å². The summed E-state index contributed by atoms with van der Waals surface area (Å²) in [6, 6.07) is 0.429. The van der Waals surface area contributed by atoms with E-state index in [4.69, 9.17) is 0 Å². The highest BCUT2D eigenvalue weighted by molar-refractivity contribution is 7.91. The molecule has 4 heteroatoms. The minimum atomic E-state index is -2.77. The molecule has 0 spiro atoms. The molecule has 0 bridgehead atoms. The van der Waals surface area contributed by atoms with Crippen molar-refractivity contribution in [1.29, 1.82) is 0 Å². The maximum atomic E-state index is 11.3. The lowest BCUT2D eigenvalue weighted by molar-refractivity contribution is 0.493. The van der Waals surface area contributed by atoms with Gasteiger partial charge in [-0.2, -0.15) is 0 Å². The van der Waals surface area contributed by atoms with E-state index in [2.05, 4.69) is 5.32 Å². The van der Waals surface area contributed by atoms with Crippen molar-refractivity contribution in [3.8, 4) is 0 Å². The van der Waals surface area contributed by atoms with E-state index in [-0.39, 0.29) is 5.75 Å². The number of hydrogen-bond acceptors (Lipinski definition) is 3. The third-order valence-corrected chi connectivity index (χ3v) is 4.62. The summed E-state index contributed by atoms with van der Waals surface area (Å²) in [5, 5.41) is 3.41. The van der Waals surface area contributed by atoms with Crippen molar-refractivity contribution in [2.45, 2.75) is 45.1 Å². The van der Waals surface area contributed by atoms with E-state index in [9.17, 15) is 8.42 Å². The van der Waals surface area contributed by atoms with Crippen LogP contribution in [0.2, 0.25) is 0 Å². The van der Waals surface area contributed by atoms with Gasteiger partial charge in [-0.05, 0) is 25.8 Å². The first-order valence-electron chi connectivity index (χ1n) is 5.58. The Kier molecular flexibility index (Phi) is 4.89. The van der Waals surface area contributed by atoms with Crippen LogP contribution >= 0.6 is 0 Å². The maximum Gasteiger partial charge on any atom is 0.150 e. The molecule has 0 saturated carbocycles. The highest BCUT2D eigenvalue weighted by Gasteiger charge is 2.15. The van der Waals surface area contributed by atoms with Crippen molar-refractivity contribution in [1.82, 2.24) is 5.32 Å². The molecule has 14 heavy (non-hydrogen) atoms. The summed E-state index contributed by atoms with van der Waals surface area (Å²) in [6.07, 6.45) is 5.68. The van der Waals surface area contributed by atoms with Crippen LogP contribution in [0, 0.1) is 0 Å². The van der Waals surface area contributed by atoms with Crippen LogP contribution in [0.15, 0.2) is 0 Å². The van der Waals surface area contributed by atoms with Gasteiger partial charge in [0.05, 0.1) is 5.75 Å². The molecular weight excluding hydrogens is 198 g/mol. The normalized spacial score (nSPS) is 24.5. The lowest BCUT2D eigenvalue weighted by atomic mass is 10.1. The van der Waals surface area contributed by atoms with Crippen molar-refractivity contribution in [3.05, 3.63) is 0 Å². The highest BCUT2D eigenvalue weighted by atomic mass is 32.2. The Bertz CT molecular complexity index is 241. The van der Waals surface area contributed by atoms with Crippen LogP contribution in [0.4, 0.5) is 0 Å². The van der Waals surface area contributed by atoms with Gasteiger partial charge in [0.2, 0.25) is 0 Å². The Balaban J connectivity index is 2.29. The Morgan fingerprint density at radius 1 is 1.29 bits per heavy atom. The van der Waals surface area contributed by atoms with Gasteiger partial charge in [0.25, 0.3) is 0 Å². The van der Waals surface area contributed by atoms with E-state index in [1.54, 1.807) is 6.92 Å². The number of sulfone groups is 1. The Hall–Kier alpha value is -0.0900. The molecule has 0 aromatic rings. The summed E-state index contributed by atoms with van der Waals surface area (Å²) >= 11 is 0. The van der Waals surface area contributed by atoms with Gasteiger partial charge in [0.1, 0.15) is 9.84 Å². The first-order valence-corrected chi connectivity index (χ1v) is 7.40. The fourth-order valence-electron chi connectivity index (χ4n) is 1.81. The Morgan fingerprint density at radius 2 is 2.07 bits per heavy atom. The van der Waals surface area contributed by atoms with Gasteiger partial charge in [0.15, 0.2) is 0 Å². The van der Waals surface area contributed by atoms with Gasteiger partial charge in [0, 0.05) is 11.8 Å². The van der Waals surface area contributed by atoms with Crippen LogP contribution in [0.5, 0.6) is 0 Å². The molecule has 1 saturated heterocycles. The van der Waals surface area contributed by atoms with Crippen LogP contribution in [0.25, 0.3) is 0 Å². The first kappa shape index (κ1) is 12.0. The van der Waals surface area contributed by atoms with Crippen LogP contribution in [-0.2, 0) is 9.84 Å². The molecule has 1 fully saturated rings. The van der Waals surface area contributed by atoms with E-state index in [1.807, 2.05) is 0 Å². The monoisotopic (exact) mass is 219 g/mol. The average molecular weight is 219 g/mol. The molecule has 3 nitrogen and oxygen atoms in total. The summed E-state index contributed by atoms with van der Waals surface area (Å²) in [4.78, 5) is 0. The molecule has 1 atom stereocenters. The molecule has 0 aromatic carbocycles. The molecule has 1 aliphatic heterocycles. The zero-order valence-corrected chi connectivity index (χ0v) is 9.78. The minimum absolute atomic E-state index is 0.278. The largest absolute Gasteiger partial charge is 0.314 e. The fraction of sp³-hybridized carbons (Fsp3) is 1.00. The molecule has 0 radical (unpaired) electrons. The van der Waals surface area contributed by atoms with Gasteiger partial charge >= 0.3 is 0 Å².